The summed E-state index contributed by atoms with van der Waals surface area (Å²) in [6.07, 6.45) is 4.11. The molecule has 22 heavy (non-hydrogen) atoms. The Bertz CT molecular complexity index is 695. The van der Waals surface area contributed by atoms with Gasteiger partial charge in [-0.3, -0.25) is 9.69 Å². The van der Waals surface area contributed by atoms with Gasteiger partial charge in [0.2, 0.25) is 0 Å². The van der Waals surface area contributed by atoms with Gasteiger partial charge in [-0.25, -0.2) is 5.10 Å². The topological polar surface area (TPSA) is 61.0 Å². The number of nitrogens with one attached hydrogen (secondary N) is 2. The summed E-state index contributed by atoms with van der Waals surface area (Å²) in [5, 5.41) is 9.43. The van der Waals surface area contributed by atoms with E-state index >= 15 is 0 Å². The molecule has 0 radical (unpaired) electrons. The highest BCUT2D eigenvalue weighted by molar-refractivity contribution is 6.32. The highest BCUT2D eigenvalue weighted by Gasteiger charge is 2.13. The minimum atomic E-state index is -0.378. The van der Waals surface area contributed by atoms with E-state index in [1.165, 1.54) is 43.3 Å². The minimum absolute atomic E-state index is 0.145. The third-order valence-electron chi connectivity index (χ3n) is 3.98. The first kappa shape index (κ1) is 15.1. The van der Waals surface area contributed by atoms with Crippen molar-refractivity contribution in [1.82, 2.24) is 15.1 Å². The van der Waals surface area contributed by atoms with Gasteiger partial charge < -0.3 is 5.32 Å². The Labute approximate surface area is 134 Å². The van der Waals surface area contributed by atoms with Crippen molar-refractivity contribution in [3.8, 4) is 0 Å². The molecule has 2 heterocycles. The second kappa shape index (κ2) is 6.94. The van der Waals surface area contributed by atoms with Crippen LogP contribution in [0.25, 0.3) is 0 Å². The third-order valence-corrected chi connectivity index (χ3v) is 4.35. The highest BCUT2D eigenvalue weighted by Crippen LogP contribution is 2.19. The second-order valence-electron chi connectivity index (χ2n) is 5.53. The number of hydrogen-bond donors (Lipinski definition) is 2. The van der Waals surface area contributed by atoms with Gasteiger partial charge in [0, 0.05) is 13.1 Å². The molecule has 116 valence electrons. The zero-order valence-corrected chi connectivity index (χ0v) is 13.1. The average molecular weight is 319 g/mol. The monoisotopic (exact) mass is 318 g/mol. The molecule has 1 aliphatic heterocycles. The molecule has 3 rings (SSSR count). The molecule has 2 N–H and O–H groups in total. The van der Waals surface area contributed by atoms with Crippen LogP contribution < -0.4 is 10.9 Å². The molecule has 0 spiro atoms. The molecule has 5 nitrogen and oxygen atoms in total. The van der Waals surface area contributed by atoms with E-state index in [4.69, 9.17) is 11.6 Å². The van der Waals surface area contributed by atoms with E-state index < -0.39 is 0 Å². The summed E-state index contributed by atoms with van der Waals surface area (Å²) in [6, 6.07) is 8.36. The van der Waals surface area contributed by atoms with Crippen molar-refractivity contribution in [1.29, 1.82) is 0 Å². The zero-order valence-electron chi connectivity index (χ0n) is 12.3. The molecule has 1 aromatic carbocycles. The smallest absolute Gasteiger partial charge is 0.285 e. The van der Waals surface area contributed by atoms with Gasteiger partial charge in [0.1, 0.15) is 5.02 Å². The Kier molecular flexibility index (Phi) is 4.75. The molecule has 0 aliphatic carbocycles. The first-order chi connectivity index (χ1) is 10.7. The van der Waals surface area contributed by atoms with E-state index in [1.54, 1.807) is 0 Å². The van der Waals surface area contributed by atoms with Gasteiger partial charge in [0.15, 0.2) is 0 Å². The number of aromatic amines is 1. The van der Waals surface area contributed by atoms with E-state index in [2.05, 4.69) is 38.6 Å². The Morgan fingerprint density at radius 2 is 1.95 bits per heavy atom. The molecule has 0 atom stereocenters. The molecule has 1 saturated heterocycles. The fourth-order valence-electron chi connectivity index (χ4n) is 2.76. The molecular formula is C16H19ClN4O. The number of hydrogen-bond acceptors (Lipinski definition) is 4. The van der Waals surface area contributed by atoms with Gasteiger partial charge in [-0.05, 0) is 37.1 Å². The quantitative estimate of drug-likeness (QED) is 0.889. The third kappa shape index (κ3) is 3.48. The molecule has 1 aromatic heterocycles. The molecule has 2 aromatic rings. The van der Waals surface area contributed by atoms with E-state index in [9.17, 15) is 4.79 Å². The van der Waals surface area contributed by atoms with Crippen molar-refractivity contribution in [2.24, 2.45) is 0 Å². The number of likely N-dealkylation sites (tertiary alicyclic amines) is 1. The summed E-state index contributed by atoms with van der Waals surface area (Å²) in [5.74, 6) is 0. The maximum absolute atomic E-state index is 11.5. The summed E-state index contributed by atoms with van der Waals surface area (Å²) >= 11 is 5.98. The molecule has 0 bridgehead atoms. The lowest BCUT2D eigenvalue weighted by atomic mass is 10.1. The van der Waals surface area contributed by atoms with Crippen molar-refractivity contribution >= 4 is 17.3 Å². The van der Waals surface area contributed by atoms with Gasteiger partial charge >= 0.3 is 0 Å². The molecule has 0 unspecified atom stereocenters. The number of aromatic nitrogens is 2. The first-order valence-corrected chi connectivity index (χ1v) is 7.88. The Balaban J connectivity index is 1.72. The van der Waals surface area contributed by atoms with Crippen LogP contribution in [0, 0.1) is 0 Å². The summed E-state index contributed by atoms with van der Waals surface area (Å²) in [4.78, 5) is 13.9. The summed E-state index contributed by atoms with van der Waals surface area (Å²) < 4.78 is 0. The van der Waals surface area contributed by atoms with E-state index in [-0.39, 0.29) is 10.6 Å². The zero-order chi connectivity index (χ0) is 15.4. The van der Waals surface area contributed by atoms with Crippen LogP contribution in [0.1, 0.15) is 24.0 Å². The summed E-state index contributed by atoms with van der Waals surface area (Å²) in [5.41, 5.74) is 2.70. The lowest BCUT2D eigenvalue weighted by molar-refractivity contribution is 0.330. The standard InChI is InChI=1S/C16H19ClN4O/c17-15-14(10-19-20-16(15)22)18-9-12-5-1-2-6-13(12)11-21-7-3-4-8-21/h1-2,5-6,10H,3-4,7-9,11H2,(H2,18,20,22). The average Bonchev–Trinajstić information content (AvgIpc) is 3.03. The first-order valence-electron chi connectivity index (χ1n) is 7.50. The number of nitrogens with zero attached hydrogens (tertiary/aromatic N) is 2. The maximum Gasteiger partial charge on any atom is 0.285 e. The molecular weight excluding hydrogens is 300 g/mol. The molecule has 1 fully saturated rings. The van der Waals surface area contributed by atoms with Crippen LogP contribution in [0.2, 0.25) is 5.02 Å². The Morgan fingerprint density at radius 3 is 2.73 bits per heavy atom. The predicted molar refractivity (Wildman–Crippen MR) is 88.1 cm³/mol. The van der Waals surface area contributed by atoms with Crippen LogP contribution in [0.5, 0.6) is 0 Å². The van der Waals surface area contributed by atoms with Gasteiger partial charge in [-0.1, -0.05) is 35.9 Å². The SMILES string of the molecule is O=c1[nH]ncc(NCc2ccccc2CN2CCCC2)c1Cl. The van der Waals surface area contributed by atoms with E-state index in [1.807, 2.05) is 6.07 Å². The van der Waals surface area contributed by atoms with Crippen LogP contribution in [0.15, 0.2) is 35.3 Å². The van der Waals surface area contributed by atoms with E-state index in [0.29, 0.717) is 12.2 Å². The van der Waals surface area contributed by atoms with Crippen LogP contribution >= 0.6 is 11.6 Å². The van der Waals surface area contributed by atoms with Gasteiger partial charge in [-0.15, -0.1) is 0 Å². The Morgan fingerprint density at radius 1 is 1.23 bits per heavy atom. The van der Waals surface area contributed by atoms with Crippen molar-refractivity contribution in [2.75, 3.05) is 18.4 Å². The molecule has 0 amide bonds. The van der Waals surface area contributed by atoms with Crippen LogP contribution in [0.3, 0.4) is 0 Å². The van der Waals surface area contributed by atoms with Crippen LogP contribution in [0.4, 0.5) is 5.69 Å². The van der Waals surface area contributed by atoms with Crippen LogP contribution in [-0.2, 0) is 13.1 Å². The second-order valence-corrected chi connectivity index (χ2v) is 5.91. The lowest BCUT2D eigenvalue weighted by Crippen LogP contribution is -2.20. The highest BCUT2D eigenvalue weighted by atomic mass is 35.5. The minimum Gasteiger partial charge on any atom is -0.378 e. The number of anilines is 1. The van der Waals surface area contributed by atoms with Gasteiger partial charge in [0.05, 0.1) is 11.9 Å². The fourth-order valence-corrected chi connectivity index (χ4v) is 2.92. The largest absolute Gasteiger partial charge is 0.378 e. The summed E-state index contributed by atoms with van der Waals surface area (Å²) in [6.45, 7) is 3.94. The number of H-pyrrole nitrogens is 1. The number of benzene rings is 1. The number of rotatable bonds is 5. The fraction of sp³-hybridized carbons (Fsp3) is 0.375. The Hall–Kier alpha value is -1.85. The summed E-state index contributed by atoms with van der Waals surface area (Å²) in [7, 11) is 0. The lowest BCUT2D eigenvalue weighted by Gasteiger charge is -2.18. The van der Waals surface area contributed by atoms with Crippen molar-refractivity contribution < 1.29 is 0 Å². The van der Waals surface area contributed by atoms with E-state index in [0.717, 1.165) is 6.54 Å². The molecule has 6 heteroatoms. The van der Waals surface area contributed by atoms with Crippen molar-refractivity contribution in [3.05, 3.63) is 57.0 Å². The number of halogens is 1. The normalized spacial score (nSPS) is 15.1. The molecule has 0 saturated carbocycles. The van der Waals surface area contributed by atoms with Crippen molar-refractivity contribution in [3.63, 3.8) is 0 Å². The molecule has 1 aliphatic rings. The van der Waals surface area contributed by atoms with Crippen molar-refractivity contribution in [2.45, 2.75) is 25.9 Å². The van der Waals surface area contributed by atoms with Gasteiger partial charge in [-0.2, -0.15) is 5.10 Å². The maximum atomic E-state index is 11.5. The van der Waals surface area contributed by atoms with Crippen LogP contribution in [-0.4, -0.2) is 28.2 Å². The predicted octanol–water partition coefficient (Wildman–Crippen LogP) is 2.63. The van der Waals surface area contributed by atoms with Gasteiger partial charge in [0.25, 0.3) is 5.56 Å².